The second-order valence-electron chi connectivity index (χ2n) is 9.29. The summed E-state index contributed by atoms with van der Waals surface area (Å²) in [6.45, 7) is 3.11. The number of carboxylic acid groups (broad SMARTS) is 1. The molecule has 0 saturated heterocycles. The Kier molecular flexibility index (Phi) is 11.9. The normalized spacial score (nSPS) is 14.5. The maximum absolute atomic E-state index is 13.1. The van der Waals surface area contributed by atoms with Gasteiger partial charge in [0.25, 0.3) is 0 Å². The third kappa shape index (κ3) is 9.06. The van der Waals surface area contributed by atoms with Gasteiger partial charge in [-0.25, -0.2) is 4.79 Å². The number of hydrogen-bond donors (Lipinski definition) is 7. The molecule has 1 aromatic heterocycles. The van der Waals surface area contributed by atoms with Gasteiger partial charge in [-0.3, -0.25) is 14.4 Å². The highest BCUT2D eigenvalue weighted by Gasteiger charge is 2.30. The van der Waals surface area contributed by atoms with Crippen molar-refractivity contribution in [1.82, 2.24) is 20.9 Å². The zero-order valence-electron chi connectivity index (χ0n) is 21.3. The SMILES string of the molecule is CSCCC(NC(=O)C(CO)NC(=O)C(N)CC(C)C)C(=O)NC(Cc1c[nH]c2ccccc12)C(=O)O. The Balaban J connectivity index is 2.10. The molecule has 0 aliphatic rings. The fraction of sp³-hybridized carbons (Fsp3) is 0.520. The van der Waals surface area contributed by atoms with Crippen molar-refractivity contribution in [3.8, 4) is 0 Å². The van der Waals surface area contributed by atoms with Crippen molar-refractivity contribution in [2.75, 3.05) is 18.6 Å². The third-order valence-corrected chi connectivity index (χ3v) is 6.48. The number of rotatable bonds is 15. The van der Waals surface area contributed by atoms with Crippen LogP contribution >= 0.6 is 11.8 Å². The largest absolute Gasteiger partial charge is 0.480 e. The van der Waals surface area contributed by atoms with Crippen molar-refractivity contribution >= 4 is 46.4 Å². The van der Waals surface area contributed by atoms with Crippen molar-refractivity contribution < 1.29 is 29.4 Å². The molecule has 4 unspecified atom stereocenters. The average molecular weight is 536 g/mol. The number of aliphatic hydroxyl groups excluding tert-OH is 1. The lowest BCUT2D eigenvalue weighted by molar-refractivity contribution is -0.142. The molecule has 11 nitrogen and oxygen atoms in total. The molecule has 2 rings (SSSR count). The number of carbonyl (C=O) groups excluding carboxylic acids is 3. The molecule has 1 heterocycles. The van der Waals surface area contributed by atoms with Gasteiger partial charge in [0.05, 0.1) is 12.6 Å². The van der Waals surface area contributed by atoms with Gasteiger partial charge >= 0.3 is 5.97 Å². The number of amides is 3. The smallest absolute Gasteiger partial charge is 0.326 e. The van der Waals surface area contributed by atoms with Crippen LogP contribution in [0.25, 0.3) is 10.9 Å². The van der Waals surface area contributed by atoms with E-state index in [9.17, 15) is 29.4 Å². The summed E-state index contributed by atoms with van der Waals surface area (Å²) >= 11 is 1.45. The molecule has 4 atom stereocenters. The van der Waals surface area contributed by atoms with E-state index in [-0.39, 0.29) is 18.8 Å². The van der Waals surface area contributed by atoms with Crippen LogP contribution in [0.4, 0.5) is 0 Å². The lowest BCUT2D eigenvalue weighted by Gasteiger charge is -2.24. The summed E-state index contributed by atoms with van der Waals surface area (Å²) in [5.74, 6) is -2.57. The maximum Gasteiger partial charge on any atom is 0.326 e. The van der Waals surface area contributed by atoms with E-state index in [4.69, 9.17) is 5.73 Å². The van der Waals surface area contributed by atoms with Gasteiger partial charge in [0.1, 0.15) is 18.1 Å². The Hall–Kier alpha value is -3.09. The van der Waals surface area contributed by atoms with E-state index in [1.165, 1.54) is 11.8 Å². The number of para-hydroxylation sites is 1. The van der Waals surface area contributed by atoms with Crippen LogP contribution in [0.2, 0.25) is 0 Å². The molecule has 0 radical (unpaired) electrons. The first-order valence-electron chi connectivity index (χ1n) is 12.1. The second-order valence-corrected chi connectivity index (χ2v) is 10.3. The number of aromatic amines is 1. The molecule has 204 valence electrons. The number of carbonyl (C=O) groups is 4. The number of aliphatic hydroxyl groups is 1. The van der Waals surface area contributed by atoms with Crippen LogP contribution in [0.3, 0.4) is 0 Å². The number of aliphatic carboxylic acids is 1. The highest BCUT2D eigenvalue weighted by atomic mass is 32.2. The Labute approximate surface area is 220 Å². The summed E-state index contributed by atoms with van der Waals surface area (Å²) in [7, 11) is 0. The quantitative estimate of drug-likeness (QED) is 0.170. The lowest BCUT2D eigenvalue weighted by atomic mass is 10.0. The molecule has 8 N–H and O–H groups in total. The number of benzene rings is 1. The van der Waals surface area contributed by atoms with E-state index in [0.29, 0.717) is 12.2 Å². The summed E-state index contributed by atoms with van der Waals surface area (Å²) < 4.78 is 0. The third-order valence-electron chi connectivity index (χ3n) is 5.83. The van der Waals surface area contributed by atoms with Gasteiger partial charge in [0.2, 0.25) is 17.7 Å². The summed E-state index contributed by atoms with van der Waals surface area (Å²) in [5.41, 5.74) is 7.44. The number of nitrogens with two attached hydrogens (primary N) is 1. The van der Waals surface area contributed by atoms with Crippen molar-refractivity contribution in [3.05, 3.63) is 36.0 Å². The topological polar surface area (TPSA) is 187 Å². The number of aromatic nitrogens is 1. The molecule has 37 heavy (non-hydrogen) atoms. The lowest BCUT2D eigenvalue weighted by Crippen LogP contribution is -2.58. The first-order valence-corrected chi connectivity index (χ1v) is 13.5. The molecule has 3 amide bonds. The Morgan fingerprint density at radius 1 is 1.00 bits per heavy atom. The molecule has 0 spiro atoms. The number of nitrogens with one attached hydrogen (secondary N) is 4. The minimum absolute atomic E-state index is 0.0390. The van der Waals surface area contributed by atoms with Crippen LogP contribution in [-0.4, -0.2) is 81.7 Å². The van der Waals surface area contributed by atoms with Gasteiger partial charge < -0.3 is 36.9 Å². The first kappa shape index (κ1) is 30.1. The van der Waals surface area contributed by atoms with Crippen LogP contribution in [-0.2, 0) is 25.6 Å². The molecular formula is C25H37N5O6S. The van der Waals surface area contributed by atoms with Gasteiger partial charge in [-0.1, -0.05) is 32.0 Å². The fourth-order valence-electron chi connectivity index (χ4n) is 3.86. The molecular weight excluding hydrogens is 498 g/mol. The van der Waals surface area contributed by atoms with E-state index in [2.05, 4.69) is 20.9 Å². The van der Waals surface area contributed by atoms with Crippen LogP contribution in [0.1, 0.15) is 32.3 Å². The number of fused-ring (bicyclic) bond motifs is 1. The molecule has 12 heteroatoms. The maximum atomic E-state index is 13.1. The monoisotopic (exact) mass is 535 g/mol. The highest BCUT2D eigenvalue weighted by molar-refractivity contribution is 7.98. The van der Waals surface area contributed by atoms with E-state index in [0.717, 1.165) is 16.5 Å². The van der Waals surface area contributed by atoms with Crippen molar-refractivity contribution in [2.24, 2.45) is 11.7 Å². The zero-order chi connectivity index (χ0) is 27.5. The molecule has 1 aromatic carbocycles. The fourth-order valence-corrected chi connectivity index (χ4v) is 4.33. The van der Waals surface area contributed by atoms with E-state index < -0.39 is 54.5 Å². The zero-order valence-corrected chi connectivity index (χ0v) is 22.1. The van der Waals surface area contributed by atoms with Crippen LogP contribution in [0.5, 0.6) is 0 Å². The van der Waals surface area contributed by atoms with Crippen molar-refractivity contribution in [2.45, 2.75) is 57.3 Å². The van der Waals surface area contributed by atoms with Gasteiger partial charge in [0.15, 0.2) is 0 Å². The standard InChI is InChI=1S/C25H37N5O6S/c1-14(2)10-17(26)22(32)30-21(13-31)24(34)28-19(8-9-37-3)23(33)29-20(25(35)36)11-15-12-27-18-7-5-4-6-16(15)18/h4-7,12,14,17,19-21,27,31H,8-11,13,26H2,1-3H3,(H,28,34)(H,29,33)(H,30,32)(H,35,36). The minimum Gasteiger partial charge on any atom is -0.480 e. The molecule has 0 bridgehead atoms. The first-order chi connectivity index (χ1) is 17.6. The molecule has 0 aliphatic heterocycles. The highest BCUT2D eigenvalue weighted by Crippen LogP contribution is 2.19. The molecule has 0 saturated carbocycles. The van der Waals surface area contributed by atoms with Gasteiger partial charge in [0, 0.05) is 23.5 Å². The van der Waals surface area contributed by atoms with E-state index in [1.807, 2.05) is 44.4 Å². The number of hydrogen-bond acceptors (Lipinski definition) is 7. The van der Waals surface area contributed by atoms with Gasteiger partial charge in [-0.05, 0) is 42.4 Å². The predicted octanol–water partition coefficient (Wildman–Crippen LogP) is 0.368. The summed E-state index contributed by atoms with van der Waals surface area (Å²) in [4.78, 5) is 53.3. The van der Waals surface area contributed by atoms with Gasteiger partial charge in [-0.2, -0.15) is 11.8 Å². The Morgan fingerprint density at radius 3 is 2.24 bits per heavy atom. The second kappa shape index (κ2) is 14.6. The average Bonchev–Trinajstić information content (AvgIpc) is 3.26. The number of carboxylic acids is 1. The Bertz CT molecular complexity index is 1070. The van der Waals surface area contributed by atoms with Crippen LogP contribution < -0.4 is 21.7 Å². The minimum atomic E-state index is -1.31. The van der Waals surface area contributed by atoms with Crippen molar-refractivity contribution in [3.63, 3.8) is 0 Å². The predicted molar refractivity (Wildman–Crippen MR) is 143 cm³/mol. The molecule has 0 fully saturated rings. The number of thioether (sulfide) groups is 1. The van der Waals surface area contributed by atoms with Crippen molar-refractivity contribution in [1.29, 1.82) is 0 Å². The molecule has 2 aromatic rings. The van der Waals surface area contributed by atoms with E-state index >= 15 is 0 Å². The van der Waals surface area contributed by atoms with Crippen LogP contribution in [0, 0.1) is 5.92 Å². The Morgan fingerprint density at radius 2 is 1.62 bits per heavy atom. The number of H-pyrrole nitrogens is 1. The summed E-state index contributed by atoms with van der Waals surface area (Å²) in [5, 5.41) is 27.8. The molecule has 0 aliphatic carbocycles. The van der Waals surface area contributed by atoms with Gasteiger partial charge in [-0.15, -0.1) is 0 Å². The summed E-state index contributed by atoms with van der Waals surface area (Å²) in [6.07, 6.45) is 4.20. The van der Waals surface area contributed by atoms with E-state index in [1.54, 1.807) is 6.20 Å². The summed E-state index contributed by atoms with van der Waals surface area (Å²) in [6, 6.07) is 2.97. The van der Waals surface area contributed by atoms with Crippen LogP contribution in [0.15, 0.2) is 30.5 Å².